The predicted molar refractivity (Wildman–Crippen MR) is 87.0 cm³/mol. The first-order valence-corrected chi connectivity index (χ1v) is 8.28. The lowest BCUT2D eigenvalue weighted by Crippen LogP contribution is -2.51. The third-order valence-electron chi connectivity index (χ3n) is 4.86. The van der Waals surface area contributed by atoms with Crippen molar-refractivity contribution in [1.82, 2.24) is 4.90 Å². The first-order valence-electron chi connectivity index (χ1n) is 8.28. The van der Waals surface area contributed by atoms with Crippen LogP contribution in [0.15, 0.2) is 30.3 Å². The molecule has 0 aliphatic carbocycles. The molecule has 112 valence electrons. The maximum absolute atomic E-state index is 6.16. The molecule has 1 aliphatic rings. The second-order valence-corrected chi connectivity index (χ2v) is 6.18. The van der Waals surface area contributed by atoms with Gasteiger partial charge in [0.1, 0.15) is 0 Å². The molecule has 3 unspecified atom stereocenters. The van der Waals surface area contributed by atoms with E-state index in [1.165, 1.54) is 44.2 Å². The minimum absolute atomic E-state index is 0.481. The average Bonchev–Trinajstić information content (AvgIpc) is 2.51. The molecule has 1 heterocycles. The van der Waals surface area contributed by atoms with Crippen molar-refractivity contribution in [2.24, 2.45) is 5.73 Å². The Balaban J connectivity index is 2.13. The van der Waals surface area contributed by atoms with Gasteiger partial charge in [-0.2, -0.15) is 0 Å². The molecule has 1 fully saturated rings. The lowest BCUT2D eigenvalue weighted by molar-refractivity contribution is 0.0797. The van der Waals surface area contributed by atoms with E-state index in [1.807, 2.05) is 0 Å². The molecular formula is C18H30N2. The monoisotopic (exact) mass is 274 g/mol. The van der Waals surface area contributed by atoms with Gasteiger partial charge in [-0.05, 0) is 37.3 Å². The van der Waals surface area contributed by atoms with Gasteiger partial charge in [0.05, 0.1) is 0 Å². The van der Waals surface area contributed by atoms with Crippen LogP contribution >= 0.6 is 0 Å². The molecule has 0 spiro atoms. The van der Waals surface area contributed by atoms with Gasteiger partial charge in [-0.1, -0.05) is 57.0 Å². The molecular weight excluding hydrogens is 244 g/mol. The normalized spacial score (nSPS) is 23.4. The molecule has 0 saturated carbocycles. The van der Waals surface area contributed by atoms with E-state index in [0.29, 0.717) is 12.0 Å². The number of benzene rings is 1. The molecule has 2 heteroatoms. The third kappa shape index (κ3) is 3.62. The van der Waals surface area contributed by atoms with E-state index in [-0.39, 0.29) is 0 Å². The van der Waals surface area contributed by atoms with E-state index in [2.05, 4.69) is 49.1 Å². The fraction of sp³-hybridized carbons (Fsp3) is 0.667. The van der Waals surface area contributed by atoms with Crippen LogP contribution in [0.2, 0.25) is 0 Å². The zero-order chi connectivity index (χ0) is 14.4. The summed E-state index contributed by atoms with van der Waals surface area (Å²) in [5, 5.41) is 0. The Bertz CT molecular complexity index is 374. The first kappa shape index (κ1) is 15.5. The van der Waals surface area contributed by atoms with Crippen LogP contribution in [-0.4, -0.2) is 30.1 Å². The van der Waals surface area contributed by atoms with Gasteiger partial charge in [-0.15, -0.1) is 0 Å². The topological polar surface area (TPSA) is 29.3 Å². The van der Waals surface area contributed by atoms with Crippen molar-refractivity contribution in [3.63, 3.8) is 0 Å². The Morgan fingerprint density at radius 3 is 2.65 bits per heavy atom. The molecule has 1 aliphatic heterocycles. The van der Waals surface area contributed by atoms with Gasteiger partial charge in [0.15, 0.2) is 0 Å². The van der Waals surface area contributed by atoms with Crippen LogP contribution in [0.1, 0.15) is 57.4 Å². The largest absolute Gasteiger partial charge is 0.329 e. The van der Waals surface area contributed by atoms with Crippen molar-refractivity contribution in [3.8, 4) is 0 Å². The fourth-order valence-electron chi connectivity index (χ4n) is 3.71. The molecule has 1 aromatic rings. The molecule has 3 atom stereocenters. The quantitative estimate of drug-likeness (QED) is 0.855. The second kappa shape index (κ2) is 7.80. The van der Waals surface area contributed by atoms with Gasteiger partial charge < -0.3 is 5.73 Å². The number of nitrogens with two attached hydrogens (primary N) is 1. The second-order valence-electron chi connectivity index (χ2n) is 6.18. The van der Waals surface area contributed by atoms with Crippen LogP contribution in [0.5, 0.6) is 0 Å². The van der Waals surface area contributed by atoms with Gasteiger partial charge >= 0.3 is 0 Å². The first-order chi connectivity index (χ1) is 9.77. The highest BCUT2D eigenvalue weighted by Crippen LogP contribution is 2.29. The Morgan fingerprint density at radius 1 is 1.25 bits per heavy atom. The summed E-state index contributed by atoms with van der Waals surface area (Å²) in [6.45, 7) is 6.62. The Kier molecular flexibility index (Phi) is 6.06. The smallest absolute Gasteiger partial charge is 0.0287 e. The van der Waals surface area contributed by atoms with Crippen LogP contribution in [-0.2, 0) is 0 Å². The van der Waals surface area contributed by atoms with Gasteiger partial charge in [-0.3, -0.25) is 4.90 Å². The number of hydrogen-bond donors (Lipinski definition) is 1. The van der Waals surface area contributed by atoms with Crippen molar-refractivity contribution in [2.75, 3.05) is 13.1 Å². The summed E-state index contributed by atoms with van der Waals surface area (Å²) < 4.78 is 0. The van der Waals surface area contributed by atoms with Crippen LogP contribution in [0, 0.1) is 0 Å². The molecule has 0 radical (unpaired) electrons. The van der Waals surface area contributed by atoms with Crippen molar-refractivity contribution in [3.05, 3.63) is 35.9 Å². The van der Waals surface area contributed by atoms with Crippen molar-refractivity contribution in [1.29, 1.82) is 0 Å². The summed E-state index contributed by atoms with van der Waals surface area (Å²) in [4.78, 5) is 2.71. The average molecular weight is 274 g/mol. The summed E-state index contributed by atoms with van der Waals surface area (Å²) in [6, 6.07) is 12.1. The highest BCUT2D eigenvalue weighted by Gasteiger charge is 2.31. The maximum Gasteiger partial charge on any atom is 0.0287 e. The predicted octanol–water partition coefficient (Wildman–Crippen LogP) is 3.77. The van der Waals surface area contributed by atoms with Crippen molar-refractivity contribution < 1.29 is 0 Å². The van der Waals surface area contributed by atoms with Crippen LogP contribution in [0.3, 0.4) is 0 Å². The summed E-state index contributed by atoms with van der Waals surface area (Å²) in [5.74, 6) is 0.513. The molecule has 2 rings (SSSR count). The summed E-state index contributed by atoms with van der Waals surface area (Å²) in [5.41, 5.74) is 7.58. The molecule has 2 N–H and O–H groups in total. The molecule has 2 nitrogen and oxygen atoms in total. The molecule has 1 saturated heterocycles. The van der Waals surface area contributed by atoms with Gasteiger partial charge in [0.25, 0.3) is 0 Å². The van der Waals surface area contributed by atoms with E-state index >= 15 is 0 Å². The molecule has 0 amide bonds. The zero-order valence-electron chi connectivity index (χ0n) is 13.1. The number of hydrogen-bond acceptors (Lipinski definition) is 2. The maximum atomic E-state index is 6.16. The molecule has 1 aromatic carbocycles. The van der Waals surface area contributed by atoms with Gasteiger partial charge in [0, 0.05) is 18.6 Å². The van der Waals surface area contributed by atoms with Gasteiger partial charge in [0.2, 0.25) is 0 Å². The lowest BCUT2D eigenvalue weighted by Gasteiger charge is -2.43. The molecule has 0 aromatic heterocycles. The van der Waals surface area contributed by atoms with E-state index in [9.17, 15) is 0 Å². The minimum atomic E-state index is 0.481. The Morgan fingerprint density at radius 2 is 2.00 bits per heavy atom. The van der Waals surface area contributed by atoms with Crippen molar-refractivity contribution in [2.45, 2.75) is 64.0 Å². The highest BCUT2D eigenvalue weighted by molar-refractivity contribution is 5.21. The SMILES string of the molecule is CCCC1CCCCN1C(CN)C(C)c1ccccc1. The van der Waals surface area contributed by atoms with E-state index in [4.69, 9.17) is 5.73 Å². The summed E-state index contributed by atoms with van der Waals surface area (Å²) >= 11 is 0. The minimum Gasteiger partial charge on any atom is -0.329 e. The highest BCUT2D eigenvalue weighted by atomic mass is 15.2. The summed E-state index contributed by atoms with van der Waals surface area (Å²) in [7, 11) is 0. The number of nitrogens with zero attached hydrogens (tertiary/aromatic N) is 1. The zero-order valence-corrected chi connectivity index (χ0v) is 13.1. The number of likely N-dealkylation sites (tertiary alicyclic amines) is 1. The standard InChI is InChI=1S/C18H30N2/c1-3-9-17-12-7-8-13-20(17)18(14-19)15(2)16-10-5-4-6-11-16/h4-6,10-11,15,17-18H,3,7-9,12-14,19H2,1-2H3. The van der Waals surface area contributed by atoms with Crippen molar-refractivity contribution >= 4 is 0 Å². The molecule has 0 bridgehead atoms. The van der Waals surface area contributed by atoms with E-state index in [1.54, 1.807) is 0 Å². The van der Waals surface area contributed by atoms with Gasteiger partial charge in [-0.25, -0.2) is 0 Å². The Hall–Kier alpha value is -0.860. The Labute approximate surface area is 124 Å². The molecule has 20 heavy (non-hydrogen) atoms. The fourth-order valence-corrected chi connectivity index (χ4v) is 3.71. The number of piperidine rings is 1. The van der Waals surface area contributed by atoms with Crippen LogP contribution in [0.25, 0.3) is 0 Å². The lowest BCUT2D eigenvalue weighted by atomic mass is 9.88. The van der Waals surface area contributed by atoms with Crippen LogP contribution in [0.4, 0.5) is 0 Å². The van der Waals surface area contributed by atoms with E-state index in [0.717, 1.165) is 12.6 Å². The number of rotatable bonds is 6. The third-order valence-corrected chi connectivity index (χ3v) is 4.86. The summed E-state index contributed by atoms with van der Waals surface area (Å²) in [6.07, 6.45) is 6.67. The van der Waals surface area contributed by atoms with E-state index < -0.39 is 0 Å². The van der Waals surface area contributed by atoms with Crippen LogP contribution < -0.4 is 5.73 Å².